The van der Waals surface area contributed by atoms with Crippen LogP contribution in [0.3, 0.4) is 0 Å². The standard InChI is InChI=1S/C19H25N5OS/c25-19(21-9-17-20-6-8-26-17)18-15-12-23(10-13-1-2-13)7-5-16(15)24(22-18)11-14-3-4-14/h6,8,13-14H,1-5,7,9-12H2,(H,21,25). The van der Waals surface area contributed by atoms with Crippen molar-refractivity contribution < 1.29 is 4.79 Å². The van der Waals surface area contributed by atoms with Crippen LogP contribution in [0.2, 0.25) is 0 Å². The summed E-state index contributed by atoms with van der Waals surface area (Å²) in [6.45, 7) is 4.60. The molecule has 5 rings (SSSR count). The second kappa shape index (κ2) is 6.78. The highest BCUT2D eigenvalue weighted by molar-refractivity contribution is 7.09. The number of hydrogen-bond acceptors (Lipinski definition) is 5. The predicted molar refractivity (Wildman–Crippen MR) is 99.9 cm³/mol. The fraction of sp³-hybridized carbons (Fsp3) is 0.632. The van der Waals surface area contributed by atoms with Gasteiger partial charge in [-0.3, -0.25) is 14.4 Å². The topological polar surface area (TPSA) is 63.1 Å². The minimum Gasteiger partial charge on any atom is -0.344 e. The molecule has 2 fully saturated rings. The molecule has 0 aromatic carbocycles. The first-order valence-electron chi connectivity index (χ1n) is 9.73. The molecule has 1 N–H and O–H groups in total. The summed E-state index contributed by atoms with van der Waals surface area (Å²) in [4.78, 5) is 19.6. The highest BCUT2D eigenvalue weighted by atomic mass is 32.1. The molecular formula is C19H25N5OS. The maximum absolute atomic E-state index is 12.8. The van der Waals surface area contributed by atoms with Gasteiger partial charge in [-0.1, -0.05) is 0 Å². The molecule has 2 aliphatic carbocycles. The first-order chi connectivity index (χ1) is 12.8. The van der Waals surface area contributed by atoms with Gasteiger partial charge in [-0.25, -0.2) is 4.98 Å². The van der Waals surface area contributed by atoms with Gasteiger partial charge in [0.05, 0.1) is 6.54 Å². The molecule has 2 saturated carbocycles. The Bertz CT molecular complexity index is 791. The molecule has 0 saturated heterocycles. The van der Waals surface area contributed by atoms with Crippen LogP contribution in [0.4, 0.5) is 0 Å². The molecule has 0 unspecified atom stereocenters. The molecule has 0 bridgehead atoms. The summed E-state index contributed by atoms with van der Waals surface area (Å²) < 4.78 is 2.14. The number of aromatic nitrogens is 3. The van der Waals surface area contributed by atoms with E-state index in [0.29, 0.717) is 12.2 Å². The first kappa shape index (κ1) is 16.4. The van der Waals surface area contributed by atoms with Crippen molar-refractivity contribution in [3.05, 3.63) is 33.5 Å². The number of carbonyl (C=O) groups excluding carboxylic acids is 1. The van der Waals surface area contributed by atoms with E-state index >= 15 is 0 Å². The van der Waals surface area contributed by atoms with E-state index in [4.69, 9.17) is 5.10 Å². The van der Waals surface area contributed by atoms with Gasteiger partial charge in [-0.05, 0) is 37.5 Å². The van der Waals surface area contributed by atoms with E-state index in [-0.39, 0.29) is 5.91 Å². The zero-order valence-corrected chi connectivity index (χ0v) is 15.8. The highest BCUT2D eigenvalue weighted by Crippen LogP contribution is 2.34. The number of amides is 1. The Kier molecular flexibility index (Phi) is 4.29. The van der Waals surface area contributed by atoms with Crippen LogP contribution in [-0.4, -0.2) is 38.7 Å². The van der Waals surface area contributed by atoms with Crippen LogP contribution in [0.5, 0.6) is 0 Å². The van der Waals surface area contributed by atoms with Gasteiger partial charge in [0, 0.05) is 55.4 Å². The Balaban J connectivity index is 1.36. The Labute approximate surface area is 157 Å². The average molecular weight is 372 g/mol. The number of nitrogens with one attached hydrogen (secondary N) is 1. The van der Waals surface area contributed by atoms with E-state index in [9.17, 15) is 4.79 Å². The van der Waals surface area contributed by atoms with Gasteiger partial charge in [-0.2, -0.15) is 5.10 Å². The third-order valence-electron chi connectivity index (χ3n) is 5.65. The van der Waals surface area contributed by atoms with Crippen LogP contribution in [-0.2, 0) is 26.1 Å². The van der Waals surface area contributed by atoms with Crippen molar-refractivity contribution in [2.24, 2.45) is 11.8 Å². The van der Waals surface area contributed by atoms with Crippen molar-refractivity contribution in [1.82, 2.24) is 25.0 Å². The maximum Gasteiger partial charge on any atom is 0.272 e. The molecule has 3 heterocycles. The second-order valence-electron chi connectivity index (χ2n) is 7.94. The van der Waals surface area contributed by atoms with Gasteiger partial charge < -0.3 is 5.32 Å². The minimum absolute atomic E-state index is 0.0562. The van der Waals surface area contributed by atoms with E-state index in [0.717, 1.165) is 48.5 Å². The Hall–Kier alpha value is -1.73. The van der Waals surface area contributed by atoms with Crippen LogP contribution < -0.4 is 5.32 Å². The Morgan fingerprint density at radius 1 is 1.23 bits per heavy atom. The molecule has 2 aromatic heterocycles. The minimum atomic E-state index is -0.0562. The lowest BCUT2D eigenvalue weighted by Crippen LogP contribution is -2.34. The number of nitrogens with zero attached hydrogens (tertiary/aromatic N) is 4. The van der Waals surface area contributed by atoms with Crippen LogP contribution in [0, 0.1) is 11.8 Å². The lowest BCUT2D eigenvalue weighted by Gasteiger charge is -2.27. The lowest BCUT2D eigenvalue weighted by molar-refractivity contribution is 0.0942. The van der Waals surface area contributed by atoms with Gasteiger partial charge in [0.1, 0.15) is 5.01 Å². The predicted octanol–water partition coefficient (Wildman–Crippen LogP) is 2.45. The molecule has 3 aliphatic rings. The van der Waals surface area contributed by atoms with Crippen molar-refractivity contribution in [1.29, 1.82) is 0 Å². The number of fused-ring (bicyclic) bond motifs is 1. The summed E-state index contributed by atoms with van der Waals surface area (Å²) in [7, 11) is 0. The largest absolute Gasteiger partial charge is 0.344 e. The first-order valence-corrected chi connectivity index (χ1v) is 10.6. The third kappa shape index (κ3) is 3.55. The average Bonchev–Trinajstić information content (AvgIpc) is 3.55. The molecule has 26 heavy (non-hydrogen) atoms. The molecular weight excluding hydrogens is 346 g/mol. The fourth-order valence-electron chi connectivity index (χ4n) is 3.83. The van der Waals surface area contributed by atoms with Gasteiger partial charge in [-0.15, -0.1) is 11.3 Å². The second-order valence-corrected chi connectivity index (χ2v) is 8.92. The normalized spacial score (nSPS) is 20.2. The van der Waals surface area contributed by atoms with Crippen molar-refractivity contribution in [2.75, 3.05) is 13.1 Å². The zero-order chi connectivity index (χ0) is 17.5. The molecule has 2 aromatic rings. The molecule has 0 atom stereocenters. The number of rotatable bonds is 7. The number of thiazole rings is 1. The molecule has 0 radical (unpaired) electrons. The van der Waals surface area contributed by atoms with E-state index < -0.39 is 0 Å². The monoisotopic (exact) mass is 371 g/mol. The summed E-state index contributed by atoms with van der Waals surface area (Å²) in [6, 6.07) is 0. The van der Waals surface area contributed by atoms with Gasteiger partial charge in [0.2, 0.25) is 0 Å². The summed E-state index contributed by atoms with van der Waals surface area (Å²) in [5.74, 6) is 1.58. The van der Waals surface area contributed by atoms with Crippen molar-refractivity contribution in [2.45, 2.75) is 51.7 Å². The van der Waals surface area contributed by atoms with E-state index in [2.05, 4.69) is 19.9 Å². The van der Waals surface area contributed by atoms with E-state index in [1.807, 2.05) is 5.38 Å². The van der Waals surface area contributed by atoms with E-state index in [1.165, 1.54) is 37.9 Å². The van der Waals surface area contributed by atoms with Crippen LogP contribution >= 0.6 is 11.3 Å². The number of carbonyl (C=O) groups is 1. The maximum atomic E-state index is 12.8. The summed E-state index contributed by atoms with van der Waals surface area (Å²) >= 11 is 1.57. The molecule has 0 spiro atoms. The molecule has 1 amide bonds. The smallest absolute Gasteiger partial charge is 0.272 e. The molecule has 1 aliphatic heterocycles. The molecule has 138 valence electrons. The van der Waals surface area contributed by atoms with Crippen LogP contribution in [0.25, 0.3) is 0 Å². The molecule has 7 heteroatoms. The zero-order valence-electron chi connectivity index (χ0n) is 15.0. The van der Waals surface area contributed by atoms with Gasteiger partial charge >= 0.3 is 0 Å². The third-order valence-corrected chi connectivity index (χ3v) is 6.43. The summed E-state index contributed by atoms with van der Waals surface area (Å²) in [6.07, 6.45) is 8.12. The van der Waals surface area contributed by atoms with Crippen molar-refractivity contribution in [3.8, 4) is 0 Å². The molecule has 6 nitrogen and oxygen atoms in total. The van der Waals surface area contributed by atoms with Crippen LogP contribution in [0.15, 0.2) is 11.6 Å². The van der Waals surface area contributed by atoms with Crippen molar-refractivity contribution in [3.63, 3.8) is 0 Å². The summed E-state index contributed by atoms with van der Waals surface area (Å²) in [5.41, 5.74) is 3.09. The van der Waals surface area contributed by atoms with Gasteiger partial charge in [0.25, 0.3) is 5.91 Å². The van der Waals surface area contributed by atoms with Crippen LogP contribution in [0.1, 0.15) is 52.4 Å². The lowest BCUT2D eigenvalue weighted by atomic mass is 10.0. The summed E-state index contributed by atoms with van der Waals surface area (Å²) in [5, 5.41) is 10.6. The number of hydrogen-bond donors (Lipinski definition) is 1. The highest BCUT2D eigenvalue weighted by Gasteiger charge is 2.32. The van der Waals surface area contributed by atoms with E-state index in [1.54, 1.807) is 17.5 Å². The SMILES string of the molecule is O=C(NCc1nccs1)c1nn(CC2CC2)c2c1CN(CC1CC1)CC2. The van der Waals surface area contributed by atoms with Crippen molar-refractivity contribution >= 4 is 17.2 Å². The Morgan fingerprint density at radius 3 is 2.77 bits per heavy atom. The van der Waals surface area contributed by atoms with Gasteiger partial charge in [0.15, 0.2) is 5.69 Å². The Morgan fingerprint density at radius 2 is 2.04 bits per heavy atom. The fourth-order valence-corrected chi connectivity index (χ4v) is 4.38. The quantitative estimate of drug-likeness (QED) is 0.812.